The maximum atomic E-state index is 13.1. The number of hydrogen-bond acceptors (Lipinski definition) is 5. The van der Waals surface area contributed by atoms with Crippen molar-refractivity contribution in [2.24, 2.45) is 0 Å². The number of aliphatic carboxylic acids is 1. The highest BCUT2D eigenvalue weighted by molar-refractivity contribution is 7.10. The molecular formula is C24H19NO5S. The van der Waals surface area contributed by atoms with Gasteiger partial charge in [-0.3, -0.25) is 14.4 Å². The van der Waals surface area contributed by atoms with E-state index in [2.05, 4.69) is 5.32 Å². The molecule has 1 atom stereocenters. The summed E-state index contributed by atoms with van der Waals surface area (Å²) >= 11 is 1.37. The third-order valence-electron chi connectivity index (χ3n) is 5.00. The molecule has 0 saturated carbocycles. The van der Waals surface area contributed by atoms with Crippen molar-refractivity contribution >= 4 is 34.2 Å². The summed E-state index contributed by atoms with van der Waals surface area (Å²) in [5.41, 5.74) is 1.33. The predicted molar refractivity (Wildman–Crippen MR) is 119 cm³/mol. The van der Waals surface area contributed by atoms with Crippen molar-refractivity contribution in [2.45, 2.75) is 19.4 Å². The van der Waals surface area contributed by atoms with E-state index >= 15 is 0 Å². The number of para-hydroxylation sites is 1. The second-order valence-electron chi connectivity index (χ2n) is 7.07. The molecule has 2 heterocycles. The molecule has 1 amide bonds. The van der Waals surface area contributed by atoms with E-state index in [1.54, 1.807) is 37.3 Å². The minimum atomic E-state index is -1.02. The van der Waals surface area contributed by atoms with E-state index in [1.807, 2.05) is 35.7 Å². The highest BCUT2D eigenvalue weighted by atomic mass is 32.1. The lowest BCUT2D eigenvalue weighted by Gasteiger charge is -2.16. The normalized spacial score (nSPS) is 11.9. The number of benzene rings is 2. The molecule has 31 heavy (non-hydrogen) atoms. The number of carbonyl (C=O) groups excluding carboxylic acids is 1. The molecule has 0 aliphatic carbocycles. The van der Waals surface area contributed by atoms with Gasteiger partial charge in [-0.05, 0) is 30.5 Å². The Kier molecular flexibility index (Phi) is 5.68. The molecule has 156 valence electrons. The summed E-state index contributed by atoms with van der Waals surface area (Å²) in [7, 11) is 0. The molecule has 2 N–H and O–H groups in total. The summed E-state index contributed by atoms with van der Waals surface area (Å²) in [6, 6.07) is 16.9. The van der Waals surface area contributed by atoms with Gasteiger partial charge >= 0.3 is 5.97 Å². The highest BCUT2D eigenvalue weighted by Crippen LogP contribution is 2.28. The number of carboxylic acids is 1. The molecule has 6 nitrogen and oxygen atoms in total. The fourth-order valence-corrected chi connectivity index (χ4v) is 4.25. The zero-order valence-electron chi connectivity index (χ0n) is 16.6. The van der Waals surface area contributed by atoms with Crippen LogP contribution in [-0.4, -0.2) is 17.0 Å². The molecule has 4 rings (SSSR count). The monoisotopic (exact) mass is 433 g/mol. The first-order valence-electron chi connectivity index (χ1n) is 9.63. The zero-order valence-corrected chi connectivity index (χ0v) is 17.4. The quantitative estimate of drug-likeness (QED) is 0.456. The minimum Gasteiger partial charge on any atom is -0.481 e. The van der Waals surface area contributed by atoms with Gasteiger partial charge in [-0.15, -0.1) is 11.3 Å². The Morgan fingerprint density at radius 1 is 1.06 bits per heavy atom. The Hall–Kier alpha value is -3.71. The Morgan fingerprint density at radius 3 is 2.52 bits per heavy atom. The third kappa shape index (κ3) is 4.13. The minimum absolute atomic E-state index is 0.176. The van der Waals surface area contributed by atoms with Gasteiger partial charge in [0.1, 0.15) is 5.76 Å². The molecule has 2 aromatic carbocycles. The van der Waals surface area contributed by atoms with Gasteiger partial charge in [-0.2, -0.15) is 0 Å². The average molecular weight is 433 g/mol. The Balaban J connectivity index is 1.80. The molecular weight excluding hydrogens is 414 g/mol. The first kappa shape index (κ1) is 20.6. The van der Waals surface area contributed by atoms with Gasteiger partial charge in [-0.25, -0.2) is 0 Å². The summed E-state index contributed by atoms with van der Waals surface area (Å²) in [5, 5.41) is 14.2. The molecule has 0 bridgehead atoms. The maximum Gasteiger partial charge on any atom is 0.305 e. The van der Waals surface area contributed by atoms with Crippen molar-refractivity contribution in [3.8, 4) is 11.3 Å². The number of thiophene rings is 1. The van der Waals surface area contributed by atoms with Gasteiger partial charge in [0, 0.05) is 16.0 Å². The number of hydrogen-bond donors (Lipinski definition) is 2. The second-order valence-corrected chi connectivity index (χ2v) is 8.05. The molecule has 4 aromatic rings. The lowest BCUT2D eigenvalue weighted by atomic mass is 10.0. The summed E-state index contributed by atoms with van der Waals surface area (Å²) in [5.74, 6) is -1.12. The molecule has 1 unspecified atom stereocenters. The molecule has 7 heteroatoms. The number of fused-ring (bicyclic) bond motifs is 1. The summed E-state index contributed by atoms with van der Waals surface area (Å²) < 4.78 is 6.09. The van der Waals surface area contributed by atoms with Crippen molar-refractivity contribution in [3.05, 3.63) is 92.3 Å². The van der Waals surface area contributed by atoms with E-state index in [0.717, 1.165) is 10.4 Å². The van der Waals surface area contributed by atoms with Gasteiger partial charge in [0.25, 0.3) is 5.91 Å². The lowest BCUT2D eigenvalue weighted by Crippen LogP contribution is -2.30. The predicted octanol–water partition coefficient (Wildman–Crippen LogP) is 4.78. The van der Waals surface area contributed by atoms with Crippen LogP contribution in [0.2, 0.25) is 0 Å². The smallest absolute Gasteiger partial charge is 0.305 e. The van der Waals surface area contributed by atoms with Crippen LogP contribution in [0.1, 0.15) is 33.3 Å². The highest BCUT2D eigenvalue weighted by Gasteiger charge is 2.23. The SMILES string of the molecule is Cc1c(-c2ccccc2)oc2c(C(=O)NC(CC(=O)O)c3cccs3)cccc2c1=O. The van der Waals surface area contributed by atoms with Crippen LogP contribution in [0.25, 0.3) is 22.3 Å². The largest absolute Gasteiger partial charge is 0.481 e. The van der Waals surface area contributed by atoms with Gasteiger partial charge in [0.2, 0.25) is 0 Å². The molecule has 2 aromatic heterocycles. The standard InChI is InChI=1S/C24H19NO5S/c1-14-21(28)16-9-5-10-17(23(16)30-22(14)15-7-3-2-4-8-15)24(29)25-18(13-20(26)27)19-11-6-12-31-19/h2-12,18H,13H2,1H3,(H,25,29)(H,26,27). The fourth-order valence-electron chi connectivity index (χ4n) is 3.48. The number of carbonyl (C=O) groups is 2. The zero-order chi connectivity index (χ0) is 22.0. The van der Waals surface area contributed by atoms with Crippen molar-refractivity contribution in [1.82, 2.24) is 5.32 Å². The summed E-state index contributed by atoms with van der Waals surface area (Å²) in [4.78, 5) is 38.2. The van der Waals surface area contributed by atoms with Crippen LogP contribution in [-0.2, 0) is 4.79 Å². The first-order valence-corrected chi connectivity index (χ1v) is 10.5. The van der Waals surface area contributed by atoms with Crippen LogP contribution in [0.5, 0.6) is 0 Å². The number of nitrogens with one attached hydrogen (secondary N) is 1. The topological polar surface area (TPSA) is 96.6 Å². The van der Waals surface area contributed by atoms with Gasteiger partial charge in [-0.1, -0.05) is 42.5 Å². The van der Waals surface area contributed by atoms with Crippen molar-refractivity contribution in [3.63, 3.8) is 0 Å². The molecule has 0 fully saturated rings. The summed E-state index contributed by atoms with van der Waals surface area (Å²) in [6.07, 6.45) is -0.255. The summed E-state index contributed by atoms with van der Waals surface area (Å²) in [6.45, 7) is 1.69. The van der Waals surface area contributed by atoms with E-state index in [9.17, 15) is 19.5 Å². The van der Waals surface area contributed by atoms with E-state index in [4.69, 9.17) is 4.42 Å². The molecule has 0 spiro atoms. The van der Waals surface area contributed by atoms with Crippen LogP contribution < -0.4 is 10.7 Å². The Morgan fingerprint density at radius 2 is 1.84 bits per heavy atom. The van der Waals surface area contributed by atoms with Gasteiger partial charge in [0.15, 0.2) is 11.0 Å². The molecule has 0 radical (unpaired) electrons. The van der Waals surface area contributed by atoms with Gasteiger partial charge in [0.05, 0.1) is 23.4 Å². The van der Waals surface area contributed by atoms with Crippen molar-refractivity contribution in [2.75, 3.05) is 0 Å². The van der Waals surface area contributed by atoms with Crippen molar-refractivity contribution < 1.29 is 19.1 Å². The Bertz CT molecular complexity index is 1310. The van der Waals surface area contributed by atoms with E-state index < -0.39 is 17.9 Å². The number of rotatable bonds is 6. The third-order valence-corrected chi connectivity index (χ3v) is 5.98. The van der Waals surface area contributed by atoms with E-state index in [1.165, 1.54) is 11.3 Å². The lowest BCUT2D eigenvalue weighted by molar-refractivity contribution is -0.137. The molecule has 0 aliphatic rings. The van der Waals surface area contributed by atoms with Crippen LogP contribution in [0.3, 0.4) is 0 Å². The van der Waals surface area contributed by atoms with Crippen molar-refractivity contribution in [1.29, 1.82) is 0 Å². The first-order chi connectivity index (χ1) is 15.0. The fraction of sp³-hybridized carbons (Fsp3) is 0.125. The number of amides is 1. The van der Waals surface area contributed by atoms with Gasteiger partial charge < -0.3 is 14.8 Å². The Labute approximate surface area is 181 Å². The van der Waals surface area contributed by atoms with E-state index in [0.29, 0.717) is 16.7 Å². The number of carboxylic acid groups (broad SMARTS) is 1. The second kappa shape index (κ2) is 8.57. The van der Waals surface area contributed by atoms with E-state index in [-0.39, 0.29) is 23.0 Å². The molecule has 0 aliphatic heterocycles. The average Bonchev–Trinajstić information content (AvgIpc) is 3.30. The van der Waals surface area contributed by atoms with Crippen LogP contribution in [0, 0.1) is 6.92 Å². The van der Waals surface area contributed by atoms with Crippen LogP contribution >= 0.6 is 11.3 Å². The maximum absolute atomic E-state index is 13.1. The van der Waals surface area contributed by atoms with Crippen LogP contribution in [0.4, 0.5) is 0 Å². The van der Waals surface area contributed by atoms with Crippen LogP contribution in [0.15, 0.2) is 75.3 Å². The molecule has 0 saturated heterocycles.